The highest BCUT2D eigenvalue weighted by Gasteiger charge is 2.81. The fourth-order valence-electron chi connectivity index (χ4n) is 1.37. The van der Waals surface area contributed by atoms with Gasteiger partial charge in [-0.3, -0.25) is 4.79 Å². The smallest absolute Gasteiger partial charge is 0.289 e. The third kappa shape index (κ3) is 3.50. The SMILES string of the molecule is O=C(C=CC(F)(F)C(F)(F)C(F)(F)C(F)(F)F)c1ccccc1. The van der Waals surface area contributed by atoms with Gasteiger partial charge in [-0.2, -0.15) is 39.5 Å². The first kappa shape index (κ1) is 19.0. The molecule has 0 heterocycles. The largest absolute Gasteiger partial charge is 0.460 e. The predicted octanol–water partition coefficient (Wildman–Crippen LogP) is 4.89. The Morgan fingerprint density at radius 2 is 1.26 bits per heavy atom. The van der Waals surface area contributed by atoms with Gasteiger partial charge in [-0.1, -0.05) is 30.3 Å². The lowest BCUT2D eigenvalue weighted by molar-refractivity contribution is -0.388. The van der Waals surface area contributed by atoms with Gasteiger partial charge in [0.25, 0.3) is 0 Å². The molecule has 0 aromatic heterocycles. The fraction of sp³-hybridized carbons (Fsp3) is 0.308. The second-order valence-corrected chi connectivity index (χ2v) is 4.33. The van der Waals surface area contributed by atoms with Gasteiger partial charge in [-0.15, -0.1) is 0 Å². The van der Waals surface area contributed by atoms with E-state index in [0.29, 0.717) is 0 Å². The zero-order chi connectivity index (χ0) is 18.1. The van der Waals surface area contributed by atoms with Crippen molar-refractivity contribution in [3.05, 3.63) is 48.0 Å². The molecule has 0 aliphatic heterocycles. The van der Waals surface area contributed by atoms with Crippen LogP contribution in [-0.4, -0.2) is 29.7 Å². The van der Waals surface area contributed by atoms with Gasteiger partial charge in [0, 0.05) is 5.56 Å². The number of benzene rings is 1. The molecule has 0 saturated carbocycles. The maximum Gasteiger partial charge on any atom is 0.460 e. The van der Waals surface area contributed by atoms with E-state index in [1.54, 1.807) is 0 Å². The Kier molecular flexibility index (Phi) is 4.88. The molecule has 1 rings (SSSR count). The standard InChI is InChI=1S/C13H7F9O/c14-10(15,11(16,17)12(18,19)13(20,21)22)7-6-9(23)8-4-2-1-3-5-8/h1-7H. The number of alkyl halides is 9. The molecule has 0 N–H and O–H groups in total. The lowest BCUT2D eigenvalue weighted by atomic mass is 10.0. The van der Waals surface area contributed by atoms with E-state index in [0.717, 1.165) is 12.1 Å². The Labute approximate surface area is 123 Å². The van der Waals surface area contributed by atoms with E-state index < -0.39 is 35.8 Å². The summed E-state index contributed by atoms with van der Waals surface area (Å²) in [5.41, 5.74) is -0.245. The van der Waals surface area contributed by atoms with E-state index in [2.05, 4.69) is 0 Å². The van der Waals surface area contributed by atoms with Crippen molar-refractivity contribution >= 4 is 5.78 Å². The molecule has 0 radical (unpaired) electrons. The minimum atomic E-state index is -6.98. The molecule has 1 aromatic rings. The molecule has 23 heavy (non-hydrogen) atoms. The Morgan fingerprint density at radius 3 is 1.70 bits per heavy atom. The number of carbonyl (C=O) groups is 1. The van der Waals surface area contributed by atoms with Crippen molar-refractivity contribution in [3.63, 3.8) is 0 Å². The molecule has 0 unspecified atom stereocenters. The molecule has 0 atom stereocenters. The van der Waals surface area contributed by atoms with E-state index in [9.17, 15) is 44.3 Å². The number of hydrogen-bond acceptors (Lipinski definition) is 1. The first-order valence-electron chi connectivity index (χ1n) is 5.73. The summed E-state index contributed by atoms with van der Waals surface area (Å²) < 4.78 is 113. The second-order valence-electron chi connectivity index (χ2n) is 4.33. The summed E-state index contributed by atoms with van der Waals surface area (Å²) in [5, 5.41) is 0. The van der Waals surface area contributed by atoms with Crippen LogP contribution in [-0.2, 0) is 0 Å². The van der Waals surface area contributed by atoms with Crippen molar-refractivity contribution in [3.8, 4) is 0 Å². The lowest BCUT2D eigenvalue weighted by Crippen LogP contribution is -2.60. The summed E-state index contributed by atoms with van der Waals surface area (Å²) in [6.07, 6.45) is -8.05. The van der Waals surface area contributed by atoms with Gasteiger partial charge in [-0.05, 0) is 12.2 Å². The van der Waals surface area contributed by atoms with Crippen molar-refractivity contribution in [2.24, 2.45) is 0 Å². The van der Waals surface area contributed by atoms with E-state index in [4.69, 9.17) is 0 Å². The molecular formula is C13H7F9O. The van der Waals surface area contributed by atoms with Gasteiger partial charge < -0.3 is 0 Å². The van der Waals surface area contributed by atoms with Gasteiger partial charge in [0.2, 0.25) is 0 Å². The van der Waals surface area contributed by atoms with Crippen LogP contribution in [0.1, 0.15) is 10.4 Å². The van der Waals surface area contributed by atoms with Crippen LogP contribution in [0, 0.1) is 0 Å². The third-order valence-electron chi connectivity index (χ3n) is 2.67. The van der Waals surface area contributed by atoms with Crippen molar-refractivity contribution in [2.75, 3.05) is 0 Å². The summed E-state index contributed by atoms with van der Waals surface area (Å²) >= 11 is 0. The average molecular weight is 350 g/mol. The maximum absolute atomic E-state index is 13.1. The van der Waals surface area contributed by atoms with Crippen LogP contribution in [0.15, 0.2) is 42.5 Å². The van der Waals surface area contributed by atoms with E-state index in [1.165, 1.54) is 18.2 Å². The first-order valence-corrected chi connectivity index (χ1v) is 5.73. The number of rotatable bonds is 5. The minimum absolute atomic E-state index is 0.185. The zero-order valence-electron chi connectivity index (χ0n) is 10.9. The maximum atomic E-state index is 13.1. The van der Waals surface area contributed by atoms with Crippen molar-refractivity contribution in [2.45, 2.75) is 23.9 Å². The topological polar surface area (TPSA) is 17.1 Å². The molecule has 10 heteroatoms. The van der Waals surface area contributed by atoms with Gasteiger partial charge in [-0.25, -0.2) is 0 Å². The van der Waals surface area contributed by atoms with Crippen LogP contribution >= 0.6 is 0 Å². The van der Waals surface area contributed by atoms with E-state index in [1.807, 2.05) is 0 Å². The molecule has 0 amide bonds. The number of hydrogen-bond donors (Lipinski definition) is 0. The lowest BCUT2D eigenvalue weighted by Gasteiger charge is -2.32. The molecule has 0 spiro atoms. The molecule has 0 saturated heterocycles. The van der Waals surface area contributed by atoms with E-state index >= 15 is 0 Å². The highest BCUT2D eigenvalue weighted by atomic mass is 19.4. The molecule has 0 bridgehead atoms. The van der Waals surface area contributed by atoms with Gasteiger partial charge in [0.1, 0.15) is 0 Å². The molecular weight excluding hydrogens is 343 g/mol. The molecule has 0 aliphatic rings. The van der Waals surface area contributed by atoms with Crippen LogP contribution in [0.5, 0.6) is 0 Å². The summed E-state index contributed by atoms with van der Waals surface area (Å²) in [6.45, 7) is 0. The van der Waals surface area contributed by atoms with Crippen molar-refractivity contribution in [1.82, 2.24) is 0 Å². The number of allylic oxidation sites excluding steroid dienone is 2. The fourth-order valence-corrected chi connectivity index (χ4v) is 1.37. The monoisotopic (exact) mass is 350 g/mol. The highest BCUT2D eigenvalue weighted by Crippen LogP contribution is 2.53. The van der Waals surface area contributed by atoms with Crippen molar-refractivity contribution < 1.29 is 44.3 Å². The minimum Gasteiger partial charge on any atom is -0.289 e. The normalized spacial score (nSPS) is 14.3. The Balaban J connectivity index is 3.11. The quantitative estimate of drug-likeness (QED) is 0.420. The Bertz CT molecular complexity index is 587. The summed E-state index contributed by atoms with van der Waals surface area (Å²) in [6, 6.07) is 6.24. The average Bonchev–Trinajstić information content (AvgIpc) is 2.44. The summed E-state index contributed by atoms with van der Waals surface area (Å²) in [5.74, 6) is -20.9. The van der Waals surface area contributed by atoms with Gasteiger partial charge in [0.15, 0.2) is 5.78 Å². The Morgan fingerprint density at radius 1 is 0.783 bits per heavy atom. The van der Waals surface area contributed by atoms with Crippen LogP contribution < -0.4 is 0 Å². The number of halogens is 9. The number of ketones is 1. The van der Waals surface area contributed by atoms with Crippen LogP contribution in [0.3, 0.4) is 0 Å². The number of carbonyl (C=O) groups excluding carboxylic acids is 1. The first-order chi connectivity index (χ1) is 10.2. The van der Waals surface area contributed by atoms with Gasteiger partial charge in [0.05, 0.1) is 0 Å². The molecule has 0 aliphatic carbocycles. The zero-order valence-corrected chi connectivity index (χ0v) is 10.9. The molecule has 0 fully saturated rings. The van der Waals surface area contributed by atoms with Crippen LogP contribution in [0.2, 0.25) is 0 Å². The molecule has 128 valence electrons. The predicted molar refractivity (Wildman–Crippen MR) is 60.8 cm³/mol. The Hall–Kier alpha value is -2.00. The van der Waals surface area contributed by atoms with Crippen LogP contribution in [0.4, 0.5) is 39.5 Å². The van der Waals surface area contributed by atoms with Gasteiger partial charge >= 0.3 is 23.9 Å². The molecule has 1 aromatic carbocycles. The highest BCUT2D eigenvalue weighted by molar-refractivity contribution is 6.04. The van der Waals surface area contributed by atoms with Crippen LogP contribution in [0.25, 0.3) is 0 Å². The summed E-state index contributed by atoms with van der Waals surface area (Å²) in [7, 11) is 0. The van der Waals surface area contributed by atoms with Crippen molar-refractivity contribution in [1.29, 1.82) is 0 Å². The molecule has 1 nitrogen and oxygen atoms in total. The third-order valence-corrected chi connectivity index (χ3v) is 2.67. The summed E-state index contributed by atoms with van der Waals surface area (Å²) in [4.78, 5) is 11.4. The van der Waals surface area contributed by atoms with E-state index in [-0.39, 0.29) is 11.6 Å². The second kappa shape index (κ2) is 5.89.